The van der Waals surface area contributed by atoms with Gasteiger partial charge in [0.15, 0.2) is 0 Å². The lowest BCUT2D eigenvalue weighted by Crippen LogP contribution is -2.34. The van der Waals surface area contributed by atoms with Gasteiger partial charge in [-0.3, -0.25) is 0 Å². The molecule has 2 atom stereocenters. The van der Waals surface area contributed by atoms with Gasteiger partial charge in [0.1, 0.15) is 0 Å². The summed E-state index contributed by atoms with van der Waals surface area (Å²) in [6.45, 7) is 3.86. The van der Waals surface area contributed by atoms with E-state index in [0.717, 1.165) is 25.3 Å². The molecule has 0 aliphatic carbocycles. The zero-order valence-electron chi connectivity index (χ0n) is 7.69. The summed E-state index contributed by atoms with van der Waals surface area (Å²) in [4.78, 5) is 4.22. The Morgan fingerprint density at radius 3 is 3.31 bits per heavy atom. The molecule has 1 N–H and O–H groups in total. The molecule has 0 saturated carbocycles. The maximum atomic E-state index is 5.46. The summed E-state index contributed by atoms with van der Waals surface area (Å²) in [5.74, 6) is 0. The van der Waals surface area contributed by atoms with Crippen LogP contribution in [0.4, 0.5) is 0 Å². The van der Waals surface area contributed by atoms with Crippen LogP contribution in [0, 0.1) is 0 Å². The predicted octanol–water partition coefficient (Wildman–Crippen LogP) is 1.41. The van der Waals surface area contributed by atoms with Crippen molar-refractivity contribution in [3.8, 4) is 0 Å². The molecule has 1 fully saturated rings. The lowest BCUT2D eigenvalue weighted by Gasteiger charge is -2.14. The van der Waals surface area contributed by atoms with E-state index in [2.05, 4.69) is 22.6 Å². The number of aromatic nitrogens is 1. The van der Waals surface area contributed by atoms with Crippen molar-refractivity contribution in [2.45, 2.75) is 32.0 Å². The monoisotopic (exact) mass is 198 g/mol. The second-order valence-corrected chi connectivity index (χ2v) is 4.05. The van der Waals surface area contributed by atoms with Gasteiger partial charge in [-0.25, -0.2) is 4.98 Å². The van der Waals surface area contributed by atoms with Gasteiger partial charge in [-0.2, -0.15) is 0 Å². The molecule has 0 spiro atoms. The van der Waals surface area contributed by atoms with Crippen molar-refractivity contribution in [3.05, 3.63) is 16.6 Å². The third-order valence-corrected chi connectivity index (χ3v) is 3.04. The Kier molecular flexibility index (Phi) is 2.93. The van der Waals surface area contributed by atoms with E-state index in [9.17, 15) is 0 Å². The molecule has 2 heterocycles. The number of thiazole rings is 1. The van der Waals surface area contributed by atoms with E-state index in [1.807, 2.05) is 5.51 Å². The molecule has 1 aromatic rings. The van der Waals surface area contributed by atoms with Gasteiger partial charge in [0.25, 0.3) is 0 Å². The number of nitrogens with zero attached hydrogens (tertiary/aromatic N) is 1. The van der Waals surface area contributed by atoms with Crippen molar-refractivity contribution in [1.29, 1.82) is 0 Å². The Balaban J connectivity index is 1.79. The first-order valence-corrected chi connectivity index (χ1v) is 5.52. The van der Waals surface area contributed by atoms with Gasteiger partial charge >= 0.3 is 0 Å². The summed E-state index contributed by atoms with van der Waals surface area (Å²) in [6.07, 6.45) is 1.46. The van der Waals surface area contributed by atoms with Crippen LogP contribution in [0.1, 0.15) is 19.0 Å². The van der Waals surface area contributed by atoms with Crippen LogP contribution in [-0.2, 0) is 11.3 Å². The number of rotatable bonds is 3. The predicted molar refractivity (Wildman–Crippen MR) is 52.8 cm³/mol. The smallest absolute Gasteiger partial charge is 0.0795 e. The second kappa shape index (κ2) is 4.17. The molecule has 0 amide bonds. The Morgan fingerprint density at radius 1 is 1.77 bits per heavy atom. The van der Waals surface area contributed by atoms with Gasteiger partial charge in [-0.1, -0.05) is 0 Å². The number of hydrogen-bond donors (Lipinski definition) is 1. The maximum Gasteiger partial charge on any atom is 0.0795 e. The summed E-state index contributed by atoms with van der Waals surface area (Å²) >= 11 is 1.64. The fourth-order valence-corrected chi connectivity index (χ4v) is 2.12. The summed E-state index contributed by atoms with van der Waals surface area (Å²) in [6, 6.07) is 0.502. The molecule has 2 unspecified atom stereocenters. The molecular weight excluding hydrogens is 184 g/mol. The average molecular weight is 198 g/mol. The zero-order chi connectivity index (χ0) is 9.10. The highest BCUT2D eigenvalue weighted by Gasteiger charge is 2.23. The topological polar surface area (TPSA) is 34.1 Å². The van der Waals surface area contributed by atoms with E-state index in [1.165, 1.54) is 0 Å². The molecule has 0 aromatic carbocycles. The normalized spacial score (nSPS) is 28.1. The van der Waals surface area contributed by atoms with E-state index in [-0.39, 0.29) is 0 Å². The minimum absolute atomic E-state index is 0.346. The lowest BCUT2D eigenvalue weighted by molar-refractivity contribution is 0.113. The number of ether oxygens (including phenoxy) is 1. The van der Waals surface area contributed by atoms with Crippen molar-refractivity contribution in [1.82, 2.24) is 10.3 Å². The van der Waals surface area contributed by atoms with Crippen molar-refractivity contribution in [3.63, 3.8) is 0 Å². The van der Waals surface area contributed by atoms with Gasteiger partial charge in [0, 0.05) is 24.6 Å². The molecule has 1 saturated heterocycles. The minimum Gasteiger partial charge on any atom is -0.377 e. The molecule has 2 rings (SSSR count). The van der Waals surface area contributed by atoms with Crippen LogP contribution in [-0.4, -0.2) is 23.7 Å². The molecule has 3 nitrogen and oxygen atoms in total. The second-order valence-electron chi connectivity index (χ2n) is 3.33. The molecule has 1 aliphatic rings. The number of nitrogens with one attached hydrogen (secondary N) is 1. The van der Waals surface area contributed by atoms with E-state index < -0.39 is 0 Å². The standard InChI is InChI=1S/C9H14N2OS/c1-7-9(2-3-12-7)10-4-8-5-13-6-11-8/h5-7,9-10H,2-4H2,1H3. The first-order chi connectivity index (χ1) is 6.36. The molecule has 4 heteroatoms. The quantitative estimate of drug-likeness (QED) is 0.797. The average Bonchev–Trinajstić information content (AvgIpc) is 2.72. The highest BCUT2D eigenvalue weighted by molar-refractivity contribution is 7.07. The molecule has 1 aromatic heterocycles. The highest BCUT2D eigenvalue weighted by Crippen LogP contribution is 2.13. The molecule has 13 heavy (non-hydrogen) atoms. The van der Waals surface area contributed by atoms with Crippen LogP contribution in [0.25, 0.3) is 0 Å². The molecule has 0 bridgehead atoms. The summed E-state index contributed by atoms with van der Waals surface area (Å²) in [7, 11) is 0. The minimum atomic E-state index is 0.346. The molecule has 1 aliphatic heterocycles. The Bertz CT molecular complexity index is 250. The summed E-state index contributed by atoms with van der Waals surface area (Å²) in [5, 5.41) is 5.53. The first kappa shape index (κ1) is 9.12. The summed E-state index contributed by atoms with van der Waals surface area (Å²) in [5.41, 5.74) is 3.00. The first-order valence-electron chi connectivity index (χ1n) is 4.58. The van der Waals surface area contributed by atoms with Gasteiger partial charge in [-0.15, -0.1) is 11.3 Å². The number of hydrogen-bond acceptors (Lipinski definition) is 4. The molecule has 72 valence electrons. The van der Waals surface area contributed by atoms with Crippen LogP contribution in [0.2, 0.25) is 0 Å². The van der Waals surface area contributed by atoms with Gasteiger partial charge in [-0.05, 0) is 13.3 Å². The zero-order valence-corrected chi connectivity index (χ0v) is 8.51. The van der Waals surface area contributed by atoms with E-state index >= 15 is 0 Å². The largest absolute Gasteiger partial charge is 0.377 e. The van der Waals surface area contributed by atoms with E-state index in [1.54, 1.807) is 11.3 Å². The van der Waals surface area contributed by atoms with Crippen LogP contribution in [0.5, 0.6) is 0 Å². The SMILES string of the molecule is CC1OCCC1NCc1cscn1. The fourth-order valence-electron chi connectivity index (χ4n) is 1.56. The van der Waals surface area contributed by atoms with E-state index in [0.29, 0.717) is 12.1 Å². The van der Waals surface area contributed by atoms with Gasteiger partial charge < -0.3 is 10.1 Å². The van der Waals surface area contributed by atoms with Crippen molar-refractivity contribution < 1.29 is 4.74 Å². The van der Waals surface area contributed by atoms with Crippen LogP contribution >= 0.6 is 11.3 Å². The third kappa shape index (κ3) is 2.27. The van der Waals surface area contributed by atoms with Crippen molar-refractivity contribution in [2.75, 3.05) is 6.61 Å². The highest BCUT2D eigenvalue weighted by atomic mass is 32.1. The molecule has 0 radical (unpaired) electrons. The third-order valence-electron chi connectivity index (χ3n) is 2.41. The molecular formula is C9H14N2OS. The van der Waals surface area contributed by atoms with Crippen LogP contribution < -0.4 is 5.32 Å². The Labute approximate surface area is 82.1 Å². The maximum absolute atomic E-state index is 5.46. The van der Waals surface area contributed by atoms with Gasteiger partial charge in [0.2, 0.25) is 0 Å². The van der Waals surface area contributed by atoms with Crippen LogP contribution in [0.15, 0.2) is 10.9 Å². The lowest BCUT2D eigenvalue weighted by atomic mass is 10.1. The van der Waals surface area contributed by atoms with Crippen LogP contribution in [0.3, 0.4) is 0 Å². The fraction of sp³-hybridized carbons (Fsp3) is 0.667. The van der Waals surface area contributed by atoms with Gasteiger partial charge in [0.05, 0.1) is 17.3 Å². The van der Waals surface area contributed by atoms with Crippen molar-refractivity contribution in [2.24, 2.45) is 0 Å². The Morgan fingerprint density at radius 2 is 2.69 bits per heavy atom. The Hall–Kier alpha value is -0.450. The van der Waals surface area contributed by atoms with E-state index in [4.69, 9.17) is 4.74 Å². The summed E-state index contributed by atoms with van der Waals surface area (Å²) < 4.78 is 5.46. The van der Waals surface area contributed by atoms with Crippen molar-refractivity contribution >= 4 is 11.3 Å².